The number of aromatic nitrogens is 2. The molecule has 6 nitrogen and oxygen atoms in total. The minimum absolute atomic E-state index is 0.0927. The van der Waals surface area contributed by atoms with Crippen LogP contribution in [-0.2, 0) is 6.54 Å². The van der Waals surface area contributed by atoms with Crippen LogP contribution in [0.25, 0.3) is 0 Å². The molecule has 0 spiro atoms. The Hall–Kier alpha value is -2.18. The van der Waals surface area contributed by atoms with Crippen molar-refractivity contribution in [2.24, 2.45) is 0 Å². The van der Waals surface area contributed by atoms with Crippen LogP contribution in [0, 0.1) is 0 Å². The van der Waals surface area contributed by atoms with Crippen LogP contribution in [0.3, 0.4) is 0 Å². The van der Waals surface area contributed by atoms with Crippen molar-refractivity contribution < 1.29 is 0 Å². The molecule has 144 valence electrons. The summed E-state index contributed by atoms with van der Waals surface area (Å²) in [7, 11) is 0. The number of likely N-dealkylation sites (tertiary alicyclic amines) is 1. The predicted molar refractivity (Wildman–Crippen MR) is 108 cm³/mol. The van der Waals surface area contributed by atoms with Gasteiger partial charge in [0.15, 0.2) is 5.82 Å². The largest absolute Gasteiger partial charge is 0.350 e. The van der Waals surface area contributed by atoms with Crippen molar-refractivity contribution in [2.75, 3.05) is 31.1 Å². The summed E-state index contributed by atoms with van der Waals surface area (Å²) in [6.45, 7) is 5.06. The number of anilines is 1. The maximum absolute atomic E-state index is 12.0. The van der Waals surface area contributed by atoms with Gasteiger partial charge in [-0.05, 0) is 37.8 Å². The van der Waals surface area contributed by atoms with E-state index in [0.717, 1.165) is 39.0 Å². The van der Waals surface area contributed by atoms with Crippen LogP contribution in [0.5, 0.6) is 0 Å². The highest BCUT2D eigenvalue weighted by atomic mass is 16.1. The molecule has 6 heteroatoms. The van der Waals surface area contributed by atoms with Gasteiger partial charge in [-0.3, -0.25) is 9.69 Å². The molecule has 0 bridgehead atoms. The van der Waals surface area contributed by atoms with E-state index in [9.17, 15) is 4.79 Å². The summed E-state index contributed by atoms with van der Waals surface area (Å²) < 4.78 is 0. The standard InChI is InChI=1S/C21H29N5O/c27-21-20(22-10-11-23-21)26-13-5-9-19(16-26)24-18-8-4-12-25(15-18)14-17-6-2-1-3-7-17/h1-3,6-7,10-11,18-19,24H,4-5,8-9,12-16H2,(H,23,27)/t18-,19+/m1/s1. The van der Waals surface area contributed by atoms with Crippen LogP contribution in [0.2, 0.25) is 0 Å². The monoisotopic (exact) mass is 367 g/mol. The fraction of sp³-hybridized carbons (Fsp3) is 0.524. The molecule has 2 N–H and O–H groups in total. The van der Waals surface area contributed by atoms with Gasteiger partial charge in [0.2, 0.25) is 0 Å². The Morgan fingerprint density at radius 3 is 2.67 bits per heavy atom. The summed E-state index contributed by atoms with van der Waals surface area (Å²) in [6.07, 6.45) is 7.97. The number of nitrogens with zero attached hydrogens (tertiary/aromatic N) is 3. The van der Waals surface area contributed by atoms with Crippen LogP contribution >= 0.6 is 0 Å². The zero-order chi connectivity index (χ0) is 18.5. The minimum atomic E-state index is -0.0927. The number of hydrogen-bond acceptors (Lipinski definition) is 5. The maximum atomic E-state index is 12.0. The van der Waals surface area contributed by atoms with E-state index in [1.165, 1.54) is 24.9 Å². The lowest BCUT2D eigenvalue weighted by molar-refractivity contribution is 0.172. The molecule has 2 aliphatic heterocycles. The summed E-state index contributed by atoms with van der Waals surface area (Å²) in [5.41, 5.74) is 1.29. The zero-order valence-corrected chi connectivity index (χ0v) is 15.8. The first-order valence-electron chi connectivity index (χ1n) is 10.1. The van der Waals surface area contributed by atoms with Crippen molar-refractivity contribution in [1.29, 1.82) is 0 Å². The van der Waals surface area contributed by atoms with Crippen molar-refractivity contribution in [3.63, 3.8) is 0 Å². The Balaban J connectivity index is 1.33. The van der Waals surface area contributed by atoms with Gasteiger partial charge in [0.1, 0.15) is 0 Å². The van der Waals surface area contributed by atoms with Gasteiger partial charge in [-0.15, -0.1) is 0 Å². The maximum Gasteiger partial charge on any atom is 0.290 e. The molecule has 2 aromatic rings. The van der Waals surface area contributed by atoms with Gasteiger partial charge in [-0.25, -0.2) is 4.98 Å². The Bertz CT molecular complexity index is 777. The second-order valence-electron chi connectivity index (χ2n) is 7.75. The summed E-state index contributed by atoms with van der Waals surface area (Å²) >= 11 is 0. The lowest BCUT2D eigenvalue weighted by atomic mass is 10.0. The molecule has 3 heterocycles. The fourth-order valence-corrected chi connectivity index (χ4v) is 4.38. The highest BCUT2D eigenvalue weighted by Gasteiger charge is 2.27. The third-order valence-electron chi connectivity index (χ3n) is 5.64. The molecule has 2 saturated heterocycles. The predicted octanol–water partition coefficient (Wildman–Crippen LogP) is 1.99. The SMILES string of the molecule is O=c1[nH]ccnc1N1CCC[C@H](N[C@@H]2CCCN(Cc3ccccc3)C2)C1. The van der Waals surface area contributed by atoms with Gasteiger partial charge in [0.05, 0.1) is 0 Å². The van der Waals surface area contributed by atoms with Crippen LogP contribution in [0.15, 0.2) is 47.5 Å². The van der Waals surface area contributed by atoms with Crippen LogP contribution < -0.4 is 15.8 Å². The third-order valence-corrected chi connectivity index (χ3v) is 5.64. The highest BCUT2D eigenvalue weighted by Crippen LogP contribution is 2.18. The van der Waals surface area contributed by atoms with E-state index < -0.39 is 0 Å². The van der Waals surface area contributed by atoms with Crippen molar-refractivity contribution in [3.05, 3.63) is 58.6 Å². The average molecular weight is 367 g/mol. The molecule has 27 heavy (non-hydrogen) atoms. The molecular weight excluding hydrogens is 338 g/mol. The van der Waals surface area contributed by atoms with E-state index in [-0.39, 0.29) is 5.56 Å². The van der Waals surface area contributed by atoms with Gasteiger partial charge in [-0.2, -0.15) is 0 Å². The zero-order valence-electron chi connectivity index (χ0n) is 15.8. The second-order valence-corrected chi connectivity index (χ2v) is 7.75. The molecule has 0 radical (unpaired) electrons. The van der Waals surface area contributed by atoms with Gasteiger partial charge in [0.25, 0.3) is 5.56 Å². The number of H-pyrrole nitrogens is 1. The molecule has 2 aliphatic rings. The molecule has 2 fully saturated rings. The van der Waals surface area contributed by atoms with Crippen LogP contribution in [0.4, 0.5) is 5.82 Å². The molecule has 1 aromatic heterocycles. The molecule has 0 unspecified atom stereocenters. The number of nitrogens with one attached hydrogen (secondary N) is 2. The van der Waals surface area contributed by atoms with E-state index in [2.05, 4.69) is 55.4 Å². The van der Waals surface area contributed by atoms with E-state index >= 15 is 0 Å². The lowest BCUT2D eigenvalue weighted by Gasteiger charge is -2.39. The van der Waals surface area contributed by atoms with E-state index in [1.54, 1.807) is 12.4 Å². The topological polar surface area (TPSA) is 64.3 Å². The lowest BCUT2D eigenvalue weighted by Crippen LogP contribution is -2.54. The number of benzene rings is 1. The first kappa shape index (κ1) is 18.2. The number of rotatable bonds is 5. The Kier molecular flexibility index (Phi) is 5.84. The minimum Gasteiger partial charge on any atom is -0.350 e. The molecule has 0 aliphatic carbocycles. The number of aromatic amines is 1. The van der Waals surface area contributed by atoms with Gasteiger partial charge < -0.3 is 15.2 Å². The van der Waals surface area contributed by atoms with E-state index in [4.69, 9.17) is 0 Å². The average Bonchev–Trinajstić information content (AvgIpc) is 2.70. The van der Waals surface area contributed by atoms with Crippen molar-refractivity contribution in [2.45, 2.75) is 44.3 Å². The first-order valence-corrected chi connectivity index (χ1v) is 10.1. The smallest absolute Gasteiger partial charge is 0.290 e. The quantitative estimate of drug-likeness (QED) is 0.846. The summed E-state index contributed by atoms with van der Waals surface area (Å²) in [5.74, 6) is 0.554. The molecule has 2 atom stereocenters. The number of hydrogen-bond donors (Lipinski definition) is 2. The summed E-state index contributed by atoms with van der Waals surface area (Å²) in [5, 5.41) is 3.87. The van der Waals surface area contributed by atoms with Gasteiger partial charge >= 0.3 is 0 Å². The highest BCUT2D eigenvalue weighted by molar-refractivity contribution is 5.36. The number of piperidine rings is 2. The molecule has 0 amide bonds. The molecular formula is C21H29N5O. The van der Waals surface area contributed by atoms with Crippen molar-refractivity contribution >= 4 is 5.82 Å². The summed E-state index contributed by atoms with van der Waals surface area (Å²) in [4.78, 5) is 23.8. The summed E-state index contributed by atoms with van der Waals surface area (Å²) in [6, 6.07) is 11.7. The Labute approximate surface area is 160 Å². The van der Waals surface area contributed by atoms with Crippen LogP contribution in [0.1, 0.15) is 31.2 Å². The van der Waals surface area contributed by atoms with E-state index in [1.807, 2.05) is 0 Å². The van der Waals surface area contributed by atoms with Crippen LogP contribution in [-0.4, -0.2) is 53.1 Å². The van der Waals surface area contributed by atoms with Gasteiger partial charge in [-0.1, -0.05) is 30.3 Å². The normalized spacial score (nSPS) is 24.1. The third kappa shape index (κ3) is 4.76. The van der Waals surface area contributed by atoms with Crippen molar-refractivity contribution in [3.8, 4) is 0 Å². The van der Waals surface area contributed by atoms with Crippen molar-refractivity contribution in [1.82, 2.24) is 20.2 Å². The van der Waals surface area contributed by atoms with E-state index in [0.29, 0.717) is 17.9 Å². The second kappa shape index (κ2) is 8.67. The molecule has 1 aromatic carbocycles. The molecule has 4 rings (SSSR count). The Morgan fingerprint density at radius 2 is 1.85 bits per heavy atom. The fourth-order valence-electron chi connectivity index (χ4n) is 4.38. The first-order chi connectivity index (χ1) is 13.3. The Morgan fingerprint density at radius 1 is 1.07 bits per heavy atom. The van der Waals surface area contributed by atoms with Gasteiger partial charge in [0, 0.05) is 50.7 Å². The molecule has 0 saturated carbocycles.